The van der Waals surface area contributed by atoms with Gasteiger partial charge in [0.2, 0.25) is 12.2 Å². The molecule has 176 valence electrons. The van der Waals surface area contributed by atoms with Gasteiger partial charge in [0.15, 0.2) is 0 Å². The molecular weight excluding hydrogens is 520 g/mol. The lowest BCUT2D eigenvalue weighted by Crippen LogP contribution is -2.45. The molecule has 10 nitrogen and oxygen atoms in total. The molecule has 2 aromatic rings. The van der Waals surface area contributed by atoms with E-state index in [1.54, 1.807) is 6.92 Å². The van der Waals surface area contributed by atoms with E-state index in [0.717, 1.165) is 4.57 Å². The summed E-state index contributed by atoms with van der Waals surface area (Å²) in [5, 5.41) is 5.43. The summed E-state index contributed by atoms with van der Waals surface area (Å²) in [7, 11) is 0. The normalized spacial score (nSPS) is 18.5. The second kappa shape index (κ2) is 10.4. The minimum Gasteiger partial charge on any atom is -0.433 e. The molecule has 0 bridgehead atoms. The van der Waals surface area contributed by atoms with Crippen LogP contribution in [0.4, 0.5) is 11.4 Å². The van der Waals surface area contributed by atoms with Crippen LogP contribution in [0, 0.1) is 0 Å². The highest BCUT2D eigenvalue weighted by Crippen LogP contribution is 2.22. The lowest BCUT2D eigenvalue weighted by atomic mass is 10.2. The van der Waals surface area contributed by atoms with Gasteiger partial charge in [-0.1, -0.05) is 11.6 Å². The first-order valence-corrected chi connectivity index (χ1v) is 11.2. The molecule has 1 aromatic carbocycles. The molecule has 1 saturated heterocycles. The van der Waals surface area contributed by atoms with Crippen molar-refractivity contribution in [3.63, 3.8) is 0 Å². The summed E-state index contributed by atoms with van der Waals surface area (Å²) in [6.45, 7) is 3.55. The van der Waals surface area contributed by atoms with Crippen LogP contribution in [0.3, 0.4) is 0 Å². The van der Waals surface area contributed by atoms with E-state index < -0.39 is 41.7 Å². The van der Waals surface area contributed by atoms with Crippen molar-refractivity contribution in [1.29, 1.82) is 0 Å². The highest BCUT2D eigenvalue weighted by molar-refractivity contribution is 9.10. The number of benzene rings is 1. The van der Waals surface area contributed by atoms with Gasteiger partial charge in [-0.15, -0.1) is 0 Å². The van der Waals surface area contributed by atoms with Crippen LogP contribution in [0.1, 0.15) is 36.7 Å². The number of hydrogen-bond donors (Lipinski definition) is 3. The van der Waals surface area contributed by atoms with E-state index in [1.165, 1.54) is 37.4 Å². The van der Waals surface area contributed by atoms with Crippen molar-refractivity contribution in [3.05, 3.63) is 55.9 Å². The van der Waals surface area contributed by atoms with E-state index in [4.69, 9.17) is 26.8 Å². The maximum absolute atomic E-state index is 13.0. The minimum absolute atomic E-state index is 0.0397. The monoisotopic (exact) mass is 540 g/mol. The van der Waals surface area contributed by atoms with Gasteiger partial charge in [-0.25, -0.2) is 0 Å². The summed E-state index contributed by atoms with van der Waals surface area (Å²) in [5.74, 6) is -1.58. The molecule has 1 aliphatic heterocycles. The summed E-state index contributed by atoms with van der Waals surface area (Å²) in [4.78, 5) is 50.0. The SMILES string of the molecule is CCO[C@@H]1OC(=O)C[C@@H]1NC(=O)C(C)n1cc(Br)cc(NC(=O)c2ccc(N)c(Cl)c2)c1=O. The van der Waals surface area contributed by atoms with Crippen LogP contribution in [0.5, 0.6) is 0 Å². The van der Waals surface area contributed by atoms with Gasteiger partial charge in [0.25, 0.3) is 11.5 Å². The van der Waals surface area contributed by atoms with E-state index in [0.29, 0.717) is 16.8 Å². The first-order chi connectivity index (χ1) is 15.6. The first kappa shape index (κ1) is 24.7. The summed E-state index contributed by atoms with van der Waals surface area (Å²) in [5.41, 5.74) is 5.54. The Hall–Kier alpha value is -2.89. The lowest BCUT2D eigenvalue weighted by molar-refractivity contribution is -0.164. The fourth-order valence-corrected chi connectivity index (χ4v) is 3.84. The standard InChI is InChI=1S/C21H22BrClN4O6/c1-3-32-21-16(8-17(28)33-21)26-18(29)10(2)27-9-12(22)7-15(20(27)31)25-19(30)11-4-5-14(24)13(23)6-11/h4-7,9-10,16,21H,3,8,24H2,1-2H3,(H,25,30)(H,26,29)/t10?,16-,21+/m0/s1. The Morgan fingerprint density at radius 2 is 2.09 bits per heavy atom. The smallest absolute Gasteiger partial charge is 0.310 e. The van der Waals surface area contributed by atoms with Crippen LogP contribution in [0.25, 0.3) is 0 Å². The molecule has 2 amide bonds. The van der Waals surface area contributed by atoms with Crippen LogP contribution in [-0.4, -0.2) is 41.3 Å². The average molecular weight is 542 g/mol. The van der Waals surface area contributed by atoms with Crippen molar-refractivity contribution in [2.75, 3.05) is 17.7 Å². The van der Waals surface area contributed by atoms with Gasteiger partial charge in [0.1, 0.15) is 17.8 Å². The molecule has 0 aliphatic carbocycles. The molecule has 1 unspecified atom stereocenters. The molecule has 1 aliphatic rings. The Morgan fingerprint density at radius 3 is 2.76 bits per heavy atom. The highest BCUT2D eigenvalue weighted by Gasteiger charge is 2.37. The van der Waals surface area contributed by atoms with E-state index in [9.17, 15) is 19.2 Å². The van der Waals surface area contributed by atoms with E-state index in [2.05, 4.69) is 26.6 Å². The van der Waals surface area contributed by atoms with Gasteiger partial charge in [0, 0.05) is 22.8 Å². The number of ether oxygens (including phenoxy) is 2. The Kier molecular flexibility index (Phi) is 7.77. The van der Waals surface area contributed by atoms with Gasteiger partial charge in [0.05, 0.1) is 17.1 Å². The number of nitrogens with two attached hydrogens (primary N) is 1. The topological polar surface area (TPSA) is 142 Å². The zero-order valence-corrected chi connectivity index (χ0v) is 20.1. The molecule has 1 fully saturated rings. The fourth-order valence-electron chi connectivity index (χ4n) is 3.21. The van der Waals surface area contributed by atoms with Crippen LogP contribution < -0.4 is 21.9 Å². The molecule has 4 N–H and O–H groups in total. The summed E-state index contributed by atoms with van der Waals surface area (Å²) >= 11 is 9.26. The largest absolute Gasteiger partial charge is 0.433 e. The second-order valence-corrected chi connectivity index (χ2v) is 8.61. The van der Waals surface area contributed by atoms with Crippen molar-refractivity contribution in [1.82, 2.24) is 9.88 Å². The number of rotatable bonds is 7. The molecule has 0 saturated carbocycles. The van der Waals surface area contributed by atoms with Gasteiger partial charge < -0.3 is 30.4 Å². The molecule has 3 atom stereocenters. The molecule has 0 spiro atoms. The molecule has 3 rings (SSSR count). The summed E-state index contributed by atoms with van der Waals surface area (Å²) in [6.07, 6.45) is 0.500. The quantitative estimate of drug-likeness (QED) is 0.361. The van der Waals surface area contributed by atoms with Crippen molar-refractivity contribution >= 4 is 56.7 Å². The van der Waals surface area contributed by atoms with Crippen LogP contribution >= 0.6 is 27.5 Å². The number of pyridine rings is 1. The number of amides is 2. The Balaban J connectivity index is 1.80. The molecular formula is C21H22BrClN4O6. The third-order valence-electron chi connectivity index (χ3n) is 4.94. The van der Waals surface area contributed by atoms with Gasteiger partial charge in [-0.2, -0.15) is 0 Å². The number of aromatic nitrogens is 1. The number of nitrogens with zero attached hydrogens (tertiary/aromatic N) is 1. The molecule has 2 heterocycles. The maximum Gasteiger partial charge on any atom is 0.310 e. The number of halogens is 2. The Morgan fingerprint density at radius 1 is 1.36 bits per heavy atom. The molecule has 12 heteroatoms. The predicted octanol–water partition coefficient (Wildman–Crippen LogP) is 2.45. The van der Waals surface area contributed by atoms with E-state index in [1.807, 2.05) is 0 Å². The number of cyclic esters (lactones) is 1. The molecule has 33 heavy (non-hydrogen) atoms. The number of carbonyl (C=O) groups is 3. The number of esters is 1. The zero-order valence-electron chi connectivity index (χ0n) is 17.8. The number of hydrogen-bond acceptors (Lipinski definition) is 7. The highest BCUT2D eigenvalue weighted by atomic mass is 79.9. The van der Waals surface area contributed by atoms with Gasteiger partial charge in [-0.05, 0) is 54.0 Å². The van der Waals surface area contributed by atoms with E-state index in [-0.39, 0.29) is 22.7 Å². The molecule has 0 radical (unpaired) electrons. The number of nitrogen functional groups attached to an aromatic ring is 1. The summed E-state index contributed by atoms with van der Waals surface area (Å²) in [6, 6.07) is 4.13. The third kappa shape index (κ3) is 5.73. The Bertz CT molecular complexity index is 1150. The van der Waals surface area contributed by atoms with Crippen LogP contribution in [0.2, 0.25) is 5.02 Å². The fraction of sp³-hybridized carbons (Fsp3) is 0.333. The van der Waals surface area contributed by atoms with Crippen molar-refractivity contribution < 1.29 is 23.9 Å². The summed E-state index contributed by atoms with van der Waals surface area (Å²) < 4.78 is 12.0. The number of carbonyl (C=O) groups excluding carboxylic acids is 3. The average Bonchev–Trinajstić information content (AvgIpc) is 3.10. The number of nitrogens with one attached hydrogen (secondary N) is 2. The van der Waals surface area contributed by atoms with Crippen LogP contribution in [-0.2, 0) is 19.1 Å². The van der Waals surface area contributed by atoms with Gasteiger partial charge in [-0.3, -0.25) is 19.2 Å². The van der Waals surface area contributed by atoms with E-state index >= 15 is 0 Å². The first-order valence-electron chi connectivity index (χ1n) is 10.00. The second-order valence-electron chi connectivity index (χ2n) is 7.28. The van der Waals surface area contributed by atoms with Crippen molar-refractivity contribution in [2.45, 2.75) is 38.6 Å². The predicted molar refractivity (Wildman–Crippen MR) is 125 cm³/mol. The van der Waals surface area contributed by atoms with Crippen molar-refractivity contribution in [2.24, 2.45) is 0 Å². The van der Waals surface area contributed by atoms with Crippen molar-refractivity contribution in [3.8, 4) is 0 Å². The lowest BCUT2D eigenvalue weighted by Gasteiger charge is -2.22. The van der Waals surface area contributed by atoms with Crippen LogP contribution in [0.15, 0.2) is 39.7 Å². The van der Waals surface area contributed by atoms with Gasteiger partial charge >= 0.3 is 5.97 Å². The minimum atomic E-state index is -0.963. The maximum atomic E-state index is 13.0. The molecule has 1 aromatic heterocycles. The Labute approximate surface area is 202 Å². The zero-order chi connectivity index (χ0) is 24.3. The number of anilines is 2. The third-order valence-corrected chi connectivity index (χ3v) is 5.70.